The van der Waals surface area contributed by atoms with Gasteiger partial charge in [-0.2, -0.15) is 9.61 Å². The Labute approximate surface area is 357 Å². The maximum Gasteiger partial charge on any atom is 0.321 e. The van der Waals surface area contributed by atoms with Crippen molar-refractivity contribution in [2.24, 2.45) is 0 Å². The van der Waals surface area contributed by atoms with Gasteiger partial charge in [0.1, 0.15) is 23.4 Å². The SMILES string of the molecule is CC[C@@H](CO)Nc1cc(NCc2ccc(NC(=O)N3CCN(Cc4ncc(CNc5cccc6c5C(=O)N(C5CCC(=O)NC5=O)C6=O)o4)CC3)cc2)n2ncc(C(C)C)c2n1. The van der Waals surface area contributed by atoms with Crippen LogP contribution in [0.25, 0.3) is 5.65 Å². The lowest BCUT2D eigenvalue weighted by Gasteiger charge is -2.34. The molecular weight excluding hydrogens is 797 g/mol. The Bertz CT molecular complexity index is 2490. The fraction of sp³-hybridized carbons (Fsp3) is 0.395. The van der Waals surface area contributed by atoms with Crippen LogP contribution in [0, 0.1) is 0 Å². The summed E-state index contributed by atoms with van der Waals surface area (Å²) in [6.07, 6.45) is 4.32. The number of aliphatic hydroxyl groups excluding tert-OH is 1. The van der Waals surface area contributed by atoms with Gasteiger partial charge < -0.3 is 35.7 Å². The zero-order valence-corrected chi connectivity index (χ0v) is 34.8. The van der Waals surface area contributed by atoms with Crippen molar-refractivity contribution in [2.75, 3.05) is 54.1 Å². The average molecular weight is 847 g/mol. The number of nitrogens with zero attached hydrogens (tertiary/aromatic N) is 7. The second-order valence-corrected chi connectivity index (χ2v) is 15.9. The van der Waals surface area contributed by atoms with Crippen LogP contribution < -0.4 is 26.6 Å². The third-order valence-corrected chi connectivity index (χ3v) is 11.4. The summed E-state index contributed by atoms with van der Waals surface area (Å²) in [5.74, 6) is 0.426. The number of hydrogen-bond acceptors (Lipinski definition) is 14. The van der Waals surface area contributed by atoms with Crippen molar-refractivity contribution in [1.82, 2.24) is 39.6 Å². The molecule has 1 unspecified atom stereocenters. The molecule has 0 radical (unpaired) electrons. The van der Waals surface area contributed by atoms with Crippen LogP contribution in [0.2, 0.25) is 0 Å². The molecule has 6 N–H and O–H groups in total. The Kier molecular flexibility index (Phi) is 12.2. The number of urea groups is 1. The average Bonchev–Trinajstić information content (AvgIpc) is 3.98. The molecule has 0 bridgehead atoms. The Hall–Kier alpha value is -6.86. The minimum absolute atomic E-state index is 0.00230. The fourth-order valence-electron chi connectivity index (χ4n) is 7.82. The molecule has 0 spiro atoms. The lowest BCUT2D eigenvalue weighted by Crippen LogP contribution is -2.54. The van der Waals surface area contributed by atoms with Gasteiger partial charge in [-0.05, 0) is 48.6 Å². The van der Waals surface area contributed by atoms with Crippen LogP contribution in [0.15, 0.2) is 65.3 Å². The molecule has 2 fully saturated rings. The van der Waals surface area contributed by atoms with Gasteiger partial charge in [0.15, 0.2) is 5.65 Å². The second kappa shape index (κ2) is 18.0. The van der Waals surface area contributed by atoms with Crippen LogP contribution in [0.3, 0.4) is 0 Å². The molecule has 62 heavy (non-hydrogen) atoms. The molecule has 0 aliphatic carbocycles. The summed E-state index contributed by atoms with van der Waals surface area (Å²) < 4.78 is 7.80. The van der Waals surface area contributed by atoms with Crippen molar-refractivity contribution in [3.63, 3.8) is 0 Å². The quantitative estimate of drug-likeness (QED) is 0.0819. The molecule has 19 nitrogen and oxygen atoms in total. The van der Waals surface area contributed by atoms with Gasteiger partial charge in [0.25, 0.3) is 11.8 Å². The van der Waals surface area contributed by atoms with E-state index >= 15 is 0 Å². The van der Waals surface area contributed by atoms with Crippen LogP contribution in [0.5, 0.6) is 0 Å². The van der Waals surface area contributed by atoms with Gasteiger partial charge in [0.05, 0.1) is 49.3 Å². The maximum absolute atomic E-state index is 13.4. The highest BCUT2D eigenvalue weighted by atomic mass is 16.4. The summed E-state index contributed by atoms with van der Waals surface area (Å²) in [5.41, 5.74) is 4.25. The van der Waals surface area contributed by atoms with Gasteiger partial charge in [-0.15, -0.1) is 0 Å². The number of imide groups is 2. The van der Waals surface area contributed by atoms with Crippen LogP contribution in [0.4, 0.5) is 27.8 Å². The highest BCUT2D eigenvalue weighted by molar-refractivity contribution is 6.25. The van der Waals surface area contributed by atoms with Crippen molar-refractivity contribution in [3.8, 4) is 0 Å². The summed E-state index contributed by atoms with van der Waals surface area (Å²) >= 11 is 0. The number of piperidine rings is 1. The van der Waals surface area contributed by atoms with Crippen molar-refractivity contribution < 1.29 is 33.5 Å². The number of rotatable bonds is 15. The molecule has 6 amide bonds. The number of aliphatic hydroxyl groups is 1. The normalized spacial score (nSPS) is 17.4. The van der Waals surface area contributed by atoms with Crippen LogP contribution in [0.1, 0.15) is 89.4 Å². The van der Waals surface area contributed by atoms with E-state index in [-0.39, 0.29) is 55.1 Å². The first-order valence-corrected chi connectivity index (χ1v) is 20.9. The van der Waals surface area contributed by atoms with E-state index in [2.05, 4.69) is 55.4 Å². The van der Waals surface area contributed by atoms with Crippen LogP contribution in [-0.2, 0) is 29.2 Å². The summed E-state index contributed by atoms with van der Waals surface area (Å²) in [4.78, 5) is 78.0. The Morgan fingerprint density at radius 3 is 2.50 bits per heavy atom. The summed E-state index contributed by atoms with van der Waals surface area (Å²) in [7, 11) is 0. The largest absolute Gasteiger partial charge is 0.442 e. The minimum Gasteiger partial charge on any atom is -0.442 e. The third-order valence-electron chi connectivity index (χ3n) is 11.4. The maximum atomic E-state index is 13.4. The molecule has 19 heteroatoms. The monoisotopic (exact) mass is 846 g/mol. The molecule has 324 valence electrons. The lowest BCUT2D eigenvalue weighted by atomic mass is 10.0. The Morgan fingerprint density at radius 2 is 1.77 bits per heavy atom. The first-order valence-electron chi connectivity index (χ1n) is 20.9. The van der Waals surface area contributed by atoms with E-state index in [1.165, 1.54) is 0 Å². The van der Waals surface area contributed by atoms with Crippen molar-refractivity contribution in [1.29, 1.82) is 0 Å². The number of hydrogen-bond donors (Lipinski definition) is 6. The molecule has 8 rings (SSSR count). The lowest BCUT2D eigenvalue weighted by molar-refractivity contribution is -0.136. The number of fused-ring (bicyclic) bond motifs is 2. The predicted molar refractivity (Wildman–Crippen MR) is 228 cm³/mol. The number of oxazole rings is 1. The van der Waals surface area contributed by atoms with E-state index in [0.717, 1.165) is 33.9 Å². The predicted octanol–water partition coefficient (Wildman–Crippen LogP) is 4.00. The van der Waals surface area contributed by atoms with Gasteiger partial charge in [0, 0.05) is 62.1 Å². The molecule has 2 atom stereocenters. The molecule has 2 aromatic carbocycles. The number of piperazine rings is 1. The number of carbonyl (C=O) groups excluding carboxylic acids is 5. The standard InChI is InChI=1S/C43H50N12O7/c1-4-27(24-56)48-34-18-35(55-39(50-34)31(22-47-55)25(2)3)45-19-26-8-10-28(11-9-26)49-43(61)53-16-14-52(15-17-53)23-37-46-21-29(62-37)20-44-32-7-5-6-30-38(32)42(60)54(41(30)59)33-12-13-36(57)51-40(33)58/h5-11,18,21-22,25,27,33,44-45,56H,4,12-17,19-20,23-24H2,1-3H3,(H,48,50)(H,49,61)(H,51,57,58)/t27-,33?/m0/s1. The van der Waals surface area contributed by atoms with Gasteiger partial charge >= 0.3 is 6.03 Å². The molecule has 3 aromatic heterocycles. The van der Waals surface area contributed by atoms with Crippen molar-refractivity contribution in [3.05, 3.63) is 94.8 Å². The van der Waals surface area contributed by atoms with Crippen LogP contribution >= 0.6 is 0 Å². The van der Waals surface area contributed by atoms with E-state index in [1.807, 2.05) is 43.5 Å². The zero-order chi connectivity index (χ0) is 43.5. The molecule has 6 heterocycles. The summed E-state index contributed by atoms with van der Waals surface area (Å²) in [5, 5.41) is 29.6. The van der Waals surface area contributed by atoms with E-state index in [1.54, 1.807) is 33.8 Å². The van der Waals surface area contributed by atoms with Crippen LogP contribution in [-0.4, -0.2) is 114 Å². The fourth-order valence-corrected chi connectivity index (χ4v) is 7.82. The summed E-state index contributed by atoms with van der Waals surface area (Å²) in [6.45, 7) is 9.65. The Morgan fingerprint density at radius 1 is 0.984 bits per heavy atom. The smallest absolute Gasteiger partial charge is 0.321 e. The van der Waals surface area contributed by atoms with Gasteiger partial charge in [-0.3, -0.25) is 34.3 Å². The van der Waals surface area contributed by atoms with E-state index in [0.29, 0.717) is 68.1 Å². The van der Waals surface area contributed by atoms with Gasteiger partial charge in [-0.1, -0.05) is 39.0 Å². The van der Waals surface area contributed by atoms with Crippen molar-refractivity contribution in [2.45, 2.75) is 77.7 Å². The number of aromatic nitrogens is 4. The Balaban J connectivity index is 0.801. The highest BCUT2D eigenvalue weighted by Crippen LogP contribution is 2.33. The summed E-state index contributed by atoms with van der Waals surface area (Å²) in [6, 6.07) is 13.1. The van der Waals surface area contributed by atoms with E-state index in [9.17, 15) is 29.1 Å². The van der Waals surface area contributed by atoms with Crippen molar-refractivity contribution >= 4 is 58.3 Å². The molecule has 3 aliphatic rings. The topological polar surface area (TPSA) is 232 Å². The van der Waals surface area contributed by atoms with E-state index < -0.39 is 29.7 Å². The zero-order valence-electron chi connectivity index (χ0n) is 34.8. The van der Waals surface area contributed by atoms with E-state index in [4.69, 9.17) is 9.40 Å². The minimum atomic E-state index is -1.05. The number of anilines is 4. The molecule has 2 saturated heterocycles. The third kappa shape index (κ3) is 8.80. The second-order valence-electron chi connectivity index (χ2n) is 15.9. The molecule has 0 saturated carbocycles. The molecule has 3 aliphatic heterocycles. The number of amides is 6. The molecular formula is C43H50N12O7. The first-order chi connectivity index (χ1) is 30.0. The van der Waals surface area contributed by atoms with Gasteiger partial charge in [0.2, 0.25) is 17.7 Å². The van der Waals surface area contributed by atoms with Gasteiger partial charge in [-0.25, -0.2) is 14.8 Å². The number of benzene rings is 2. The number of nitrogens with one attached hydrogen (secondary N) is 5. The highest BCUT2D eigenvalue weighted by Gasteiger charge is 2.45. The number of carbonyl (C=O) groups is 5. The first kappa shape index (κ1) is 41.9. The molecule has 5 aromatic rings.